The number of hydrogen-bond acceptors (Lipinski definition) is 2. The third-order valence-corrected chi connectivity index (χ3v) is 2.80. The average Bonchev–Trinajstić information content (AvgIpc) is 2.39. The molecule has 0 aliphatic rings. The molecule has 3 N–H and O–H groups in total. The smallest absolute Gasteiger partial charge is 0.251 e. The van der Waals surface area contributed by atoms with E-state index in [4.69, 9.17) is 5.73 Å². The van der Waals surface area contributed by atoms with Crippen LogP contribution in [0.4, 0.5) is 5.69 Å². The zero-order valence-corrected chi connectivity index (χ0v) is 10.3. The summed E-state index contributed by atoms with van der Waals surface area (Å²) < 4.78 is 0. The van der Waals surface area contributed by atoms with E-state index in [1.54, 1.807) is 24.3 Å². The minimum absolute atomic E-state index is 0.0277. The largest absolute Gasteiger partial charge is 0.399 e. The molecule has 2 aromatic carbocycles. The molecule has 0 saturated heterocycles. The Bertz CT molecular complexity index is 537. The number of nitrogens with two attached hydrogens (primary N) is 1. The normalized spacial score (nSPS) is 11.8. The highest BCUT2D eigenvalue weighted by atomic mass is 16.1. The molecular weight excluding hydrogens is 224 g/mol. The van der Waals surface area contributed by atoms with Gasteiger partial charge in [0.05, 0.1) is 6.04 Å². The van der Waals surface area contributed by atoms with Crippen molar-refractivity contribution in [2.24, 2.45) is 0 Å². The van der Waals surface area contributed by atoms with E-state index in [-0.39, 0.29) is 11.9 Å². The fraction of sp³-hybridized carbons (Fsp3) is 0.133. The van der Waals surface area contributed by atoms with Crippen molar-refractivity contribution in [2.75, 3.05) is 5.73 Å². The van der Waals surface area contributed by atoms with Gasteiger partial charge in [0.25, 0.3) is 5.91 Å². The molecule has 2 aromatic rings. The first-order chi connectivity index (χ1) is 8.66. The van der Waals surface area contributed by atoms with Crippen molar-refractivity contribution in [3.05, 3.63) is 65.7 Å². The maximum absolute atomic E-state index is 12.0. The summed E-state index contributed by atoms with van der Waals surface area (Å²) in [5.41, 5.74) is 7.91. The van der Waals surface area contributed by atoms with Gasteiger partial charge in [-0.15, -0.1) is 0 Å². The van der Waals surface area contributed by atoms with E-state index in [0.29, 0.717) is 11.3 Å². The quantitative estimate of drug-likeness (QED) is 0.810. The van der Waals surface area contributed by atoms with Crippen LogP contribution in [-0.2, 0) is 0 Å². The molecule has 0 heterocycles. The van der Waals surface area contributed by atoms with Gasteiger partial charge in [-0.1, -0.05) is 36.4 Å². The molecule has 0 aliphatic carbocycles. The molecule has 18 heavy (non-hydrogen) atoms. The summed E-state index contributed by atoms with van der Waals surface area (Å²) in [7, 11) is 0. The van der Waals surface area contributed by atoms with Gasteiger partial charge in [0.15, 0.2) is 0 Å². The lowest BCUT2D eigenvalue weighted by Crippen LogP contribution is -2.26. The summed E-state index contributed by atoms with van der Waals surface area (Å²) in [6.07, 6.45) is 0. The van der Waals surface area contributed by atoms with E-state index in [0.717, 1.165) is 5.56 Å². The molecule has 2 rings (SSSR count). The minimum Gasteiger partial charge on any atom is -0.399 e. The highest BCUT2D eigenvalue weighted by Crippen LogP contribution is 2.13. The molecule has 0 spiro atoms. The molecular formula is C15H16N2O. The first-order valence-electron chi connectivity index (χ1n) is 5.88. The predicted octanol–water partition coefficient (Wildman–Crippen LogP) is 2.76. The molecule has 0 unspecified atom stereocenters. The van der Waals surface area contributed by atoms with Crippen LogP contribution in [0.1, 0.15) is 28.9 Å². The highest BCUT2D eigenvalue weighted by molar-refractivity contribution is 5.95. The van der Waals surface area contributed by atoms with E-state index >= 15 is 0 Å². The lowest BCUT2D eigenvalue weighted by Gasteiger charge is -2.14. The van der Waals surface area contributed by atoms with Crippen LogP contribution in [-0.4, -0.2) is 5.91 Å². The van der Waals surface area contributed by atoms with Crippen molar-refractivity contribution >= 4 is 11.6 Å². The van der Waals surface area contributed by atoms with Gasteiger partial charge in [-0.3, -0.25) is 4.79 Å². The Hall–Kier alpha value is -2.29. The SMILES string of the molecule is C[C@@H](NC(=O)c1cccc(N)c1)c1ccccc1. The van der Waals surface area contributed by atoms with Gasteiger partial charge in [-0.05, 0) is 30.7 Å². The Morgan fingerprint density at radius 3 is 2.50 bits per heavy atom. The summed E-state index contributed by atoms with van der Waals surface area (Å²) in [6.45, 7) is 1.96. The summed E-state index contributed by atoms with van der Waals surface area (Å²) >= 11 is 0. The topological polar surface area (TPSA) is 55.1 Å². The van der Waals surface area contributed by atoms with Crippen LogP contribution in [0.2, 0.25) is 0 Å². The van der Waals surface area contributed by atoms with E-state index in [1.165, 1.54) is 0 Å². The predicted molar refractivity (Wildman–Crippen MR) is 73.2 cm³/mol. The number of nitrogen functional groups attached to an aromatic ring is 1. The van der Waals surface area contributed by atoms with Crippen molar-refractivity contribution in [1.29, 1.82) is 0 Å². The van der Waals surface area contributed by atoms with Crippen LogP contribution in [0.3, 0.4) is 0 Å². The molecule has 3 heteroatoms. The van der Waals surface area contributed by atoms with Crippen LogP contribution >= 0.6 is 0 Å². The molecule has 0 fully saturated rings. The number of carbonyl (C=O) groups is 1. The molecule has 0 aliphatic heterocycles. The van der Waals surface area contributed by atoms with E-state index in [2.05, 4.69) is 5.32 Å². The molecule has 1 amide bonds. The minimum atomic E-state index is -0.112. The third kappa shape index (κ3) is 2.88. The van der Waals surface area contributed by atoms with Crippen LogP contribution in [0.5, 0.6) is 0 Å². The zero-order chi connectivity index (χ0) is 13.0. The van der Waals surface area contributed by atoms with Gasteiger partial charge < -0.3 is 11.1 Å². The van der Waals surface area contributed by atoms with Crippen LogP contribution in [0, 0.1) is 0 Å². The van der Waals surface area contributed by atoms with Crippen molar-refractivity contribution in [1.82, 2.24) is 5.32 Å². The summed E-state index contributed by atoms with van der Waals surface area (Å²) in [6, 6.07) is 16.8. The van der Waals surface area contributed by atoms with Gasteiger partial charge in [0.2, 0.25) is 0 Å². The van der Waals surface area contributed by atoms with Crippen LogP contribution < -0.4 is 11.1 Å². The molecule has 0 saturated carbocycles. The maximum atomic E-state index is 12.0. The number of hydrogen-bond donors (Lipinski definition) is 2. The molecule has 92 valence electrons. The Morgan fingerprint density at radius 2 is 1.83 bits per heavy atom. The van der Waals surface area contributed by atoms with E-state index in [1.807, 2.05) is 37.3 Å². The first-order valence-corrected chi connectivity index (χ1v) is 5.88. The van der Waals surface area contributed by atoms with Crippen LogP contribution in [0.15, 0.2) is 54.6 Å². The van der Waals surface area contributed by atoms with Crippen molar-refractivity contribution < 1.29 is 4.79 Å². The lowest BCUT2D eigenvalue weighted by atomic mass is 10.1. The Morgan fingerprint density at radius 1 is 1.11 bits per heavy atom. The molecule has 0 radical (unpaired) electrons. The number of nitrogens with one attached hydrogen (secondary N) is 1. The Labute approximate surface area is 107 Å². The first kappa shape index (κ1) is 12.2. The molecule has 1 atom stereocenters. The van der Waals surface area contributed by atoms with Gasteiger partial charge in [0.1, 0.15) is 0 Å². The Balaban J connectivity index is 2.08. The zero-order valence-electron chi connectivity index (χ0n) is 10.3. The molecule has 0 aromatic heterocycles. The number of amides is 1. The summed E-state index contributed by atoms with van der Waals surface area (Å²) in [4.78, 5) is 12.0. The van der Waals surface area contributed by atoms with Gasteiger partial charge in [-0.25, -0.2) is 0 Å². The van der Waals surface area contributed by atoms with Crippen molar-refractivity contribution in [3.8, 4) is 0 Å². The fourth-order valence-corrected chi connectivity index (χ4v) is 1.78. The Kier molecular flexibility index (Phi) is 3.63. The second kappa shape index (κ2) is 5.36. The second-order valence-corrected chi connectivity index (χ2v) is 4.23. The van der Waals surface area contributed by atoms with Gasteiger partial charge in [0, 0.05) is 11.3 Å². The molecule has 3 nitrogen and oxygen atoms in total. The number of anilines is 1. The average molecular weight is 240 g/mol. The van der Waals surface area contributed by atoms with Crippen molar-refractivity contribution in [3.63, 3.8) is 0 Å². The lowest BCUT2D eigenvalue weighted by molar-refractivity contribution is 0.0940. The number of rotatable bonds is 3. The third-order valence-electron chi connectivity index (χ3n) is 2.80. The highest BCUT2D eigenvalue weighted by Gasteiger charge is 2.10. The van der Waals surface area contributed by atoms with Crippen molar-refractivity contribution in [2.45, 2.75) is 13.0 Å². The summed E-state index contributed by atoms with van der Waals surface area (Å²) in [5.74, 6) is -0.112. The number of benzene rings is 2. The number of carbonyl (C=O) groups excluding carboxylic acids is 1. The van der Waals surface area contributed by atoms with E-state index in [9.17, 15) is 4.79 Å². The van der Waals surface area contributed by atoms with Gasteiger partial charge >= 0.3 is 0 Å². The fourth-order valence-electron chi connectivity index (χ4n) is 1.78. The second-order valence-electron chi connectivity index (χ2n) is 4.23. The standard InChI is InChI=1S/C15H16N2O/c1-11(12-6-3-2-4-7-12)17-15(18)13-8-5-9-14(16)10-13/h2-11H,16H2,1H3,(H,17,18)/t11-/m1/s1. The monoisotopic (exact) mass is 240 g/mol. The van der Waals surface area contributed by atoms with Crippen LogP contribution in [0.25, 0.3) is 0 Å². The maximum Gasteiger partial charge on any atom is 0.251 e. The summed E-state index contributed by atoms with van der Waals surface area (Å²) in [5, 5.41) is 2.95. The van der Waals surface area contributed by atoms with E-state index < -0.39 is 0 Å². The molecule has 0 bridgehead atoms. The van der Waals surface area contributed by atoms with Gasteiger partial charge in [-0.2, -0.15) is 0 Å².